The van der Waals surface area contributed by atoms with Gasteiger partial charge in [-0.05, 0) is 17.9 Å². The Morgan fingerprint density at radius 2 is 2.41 bits per heavy atom. The normalized spacial score (nSPS) is 12.9. The molecule has 5 heteroatoms. The van der Waals surface area contributed by atoms with Gasteiger partial charge in [-0.1, -0.05) is 24.6 Å². The van der Waals surface area contributed by atoms with Gasteiger partial charge in [-0.25, -0.2) is 4.98 Å². The minimum atomic E-state index is 0.394. The second kappa shape index (κ2) is 5.67. The van der Waals surface area contributed by atoms with Crippen LogP contribution < -0.4 is 5.32 Å². The Kier molecular flexibility index (Phi) is 4.20. The third-order valence-electron chi connectivity index (χ3n) is 2.83. The van der Waals surface area contributed by atoms with Crippen LogP contribution in [0.25, 0.3) is 0 Å². The summed E-state index contributed by atoms with van der Waals surface area (Å²) in [5.41, 5.74) is 0. The van der Waals surface area contributed by atoms with Crippen molar-refractivity contribution in [2.75, 3.05) is 0 Å². The quantitative estimate of drug-likeness (QED) is 0.902. The first-order chi connectivity index (χ1) is 8.22. The van der Waals surface area contributed by atoms with Crippen molar-refractivity contribution in [2.24, 2.45) is 7.05 Å². The topological polar surface area (TPSA) is 29.9 Å². The zero-order valence-corrected chi connectivity index (χ0v) is 11.6. The van der Waals surface area contributed by atoms with Crippen LogP contribution in [0.5, 0.6) is 0 Å². The molecule has 2 rings (SSSR count). The zero-order valence-electron chi connectivity index (χ0n) is 9.98. The summed E-state index contributed by atoms with van der Waals surface area (Å²) in [6, 6.07) is 4.64. The van der Waals surface area contributed by atoms with Gasteiger partial charge in [0.25, 0.3) is 0 Å². The molecule has 0 aromatic carbocycles. The molecule has 0 amide bonds. The Labute approximate surface area is 110 Å². The third kappa shape index (κ3) is 2.89. The number of nitrogens with one attached hydrogen (secondary N) is 1. The van der Waals surface area contributed by atoms with Crippen molar-refractivity contribution in [3.8, 4) is 0 Å². The molecule has 0 radical (unpaired) electrons. The average Bonchev–Trinajstić information content (AvgIpc) is 2.95. The average molecular weight is 270 g/mol. The van der Waals surface area contributed by atoms with Gasteiger partial charge in [0.1, 0.15) is 11.0 Å². The molecule has 0 aliphatic rings. The summed E-state index contributed by atoms with van der Waals surface area (Å²) in [7, 11) is 1.93. The number of rotatable bonds is 5. The van der Waals surface area contributed by atoms with E-state index in [0.29, 0.717) is 11.2 Å². The van der Waals surface area contributed by atoms with Gasteiger partial charge in [-0.2, -0.15) is 0 Å². The number of nitrogens with zero attached hydrogens (tertiary/aromatic N) is 2. The number of aromatic nitrogens is 2. The molecule has 1 N–H and O–H groups in total. The van der Waals surface area contributed by atoms with E-state index < -0.39 is 0 Å². The van der Waals surface area contributed by atoms with Gasteiger partial charge in [-0.3, -0.25) is 0 Å². The molecule has 0 aliphatic heterocycles. The summed E-state index contributed by atoms with van der Waals surface area (Å²) in [6.07, 6.45) is 2.75. The van der Waals surface area contributed by atoms with E-state index in [-0.39, 0.29) is 0 Å². The molecular weight excluding hydrogens is 254 g/mol. The van der Waals surface area contributed by atoms with Crippen LogP contribution in [-0.4, -0.2) is 9.55 Å². The lowest BCUT2D eigenvalue weighted by atomic mass is 10.2. The molecule has 0 saturated heterocycles. The molecule has 0 saturated carbocycles. The van der Waals surface area contributed by atoms with Crippen LogP contribution in [0.1, 0.15) is 30.1 Å². The van der Waals surface area contributed by atoms with E-state index in [9.17, 15) is 0 Å². The lowest BCUT2D eigenvalue weighted by Gasteiger charge is -2.15. The number of halogens is 1. The first kappa shape index (κ1) is 12.6. The molecule has 0 fully saturated rings. The van der Waals surface area contributed by atoms with Crippen molar-refractivity contribution in [1.82, 2.24) is 14.9 Å². The van der Waals surface area contributed by atoms with Gasteiger partial charge in [0.2, 0.25) is 0 Å². The van der Waals surface area contributed by atoms with Crippen molar-refractivity contribution in [3.05, 3.63) is 39.6 Å². The fourth-order valence-electron chi connectivity index (χ4n) is 1.74. The molecule has 17 heavy (non-hydrogen) atoms. The Morgan fingerprint density at radius 3 is 2.94 bits per heavy atom. The standard InChI is InChI=1S/C12H16ClN3S/c1-3-9(10-5-4-6-17-10)14-8-12-15-7-11(13)16(12)2/h4-7,9,14H,3,8H2,1-2H3. The molecule has 1 atom stereocenters. The molecule has 2 aromatic heterocycles. The van der Waals surface area contributed by atoms with Crippen molar-refractivity contribution >= 4 is 22.9 Å². The van der Waals surface area contributed by atoms with Crippen LogP contribution in [0.15, 0.2) is 23.7 Å². The molecule has 0 spiro atoms. The van der Waals surface area contributed by atoms with Gasteiger partial charge in [0, 0.05) is 18.0 Å². The number of thiophene rings is 1. The lowest BCUT2D eigenvalue weighted by molar-refractivity contribution is 0.509. The molecular formula is C12H16ClN3S. The van der Waals surface area contributed by atoms with E-state index in [1.807, 2.05) is 11.6 Å². The summed E-state index contributed by atoms with van der Waals surface area (Å²) in [5.74, 6) is 0.963. The summed E-state index contributed by atoms with van der Waals surface area (Å²) >= 11 is 7.74. The maximum absolute atomic E-state index is 5.95. The summed E-state index contributed by atoms with van der Waals surface area (Å²) < 4.78 is 1.90. The zero-order chi connectivity index (χ0) is 12.3. The van der Waals surface area contributed by atoms with Gasteiger partial charge in [0.15, 0.2) is 0 Å². The van der Waals surface area contributed by atoms with Gasteiger partial charge >= 0.3 is 0 Å². The predicted molar refractivity (Wildman–Crippen MR) is 72.4 cm³/mol. The number of hydrogen-bond donors (Lipinski definition) is 1. The van der Waals surface area contributed by atoms with Crippen LogP contribution in [0.2, 0.25) is 5.15 Å². The molecule has 2 heterocycles. The summed E-state index contributed by atoms with van der Waals surface area (Å²) in [6.45, 7) is 2.92. The maximum Gasteiger partial charge on any atom is 0.128 e. The Balaban J connectivity index is 1.99. The fraction of sp³-hybridized carbons (Fsp3) is 0.417. The number of imidazole rings is 1. The van der Waals surface area contributed by atoms with Crippen LogP contribution in [0.3, 0.4) is 0 Å². The summed E-state index contributed by atoms with van der Waals surface area (Å²) in [5, 5.41) is 6.29. The van der Waals surface area contributed by atoms with Crippen molar-refractivity contribution in [3.63, 3.8) is 0 Å². The monoisotopic (exact) mass is 269 g/mol. The first-order valence-corrected chi connectivity index (χ1v) is 6.91. The molecule has 3 nitrogen and oxygen atoms in total. The highest BCUT2D eigenvalue weighted by atomic mass is 35.5. The van der Waals surface area contributed by atoms with Crippen molar-refractivity contribution < 1.29 is 0 Å². The van der Waals surface area contributed by atoms with Crippen molar-refractivity contribution in [2.45, 2.75) is 25.9 Å². The highest BCUT2D eigenvalue weighted by Gasteiger charge is 2.11. The first-order valence-electron chi connectivity index (χ1n) is 5.65. The van der Waals surface area contributed by atoms with E-state index in [1.54, 1.807) is 17.5 Å². The third-order valence-corrected chi connectivity index (χ3v) is 4.17. The Bertz CT molecular complexity index is 464. The second-order valence-corrected chi connectivity index (χ2v) is 5.28. The highest BCUT2D eigenvalue weighted by Crippen LogP contribution is 2.22. The van der Waals surface area contributed by atoms with Crippen LogP contribution >= 0.6 is 22.9 Å². The van der Waals surface area contributed by atoms with Crippen LogP contribution in [-0.2, 0) is 13.6 Å². The van der Waals surface area contributed by atoms with Crippen molar-refractivity contribution in [1.29, 1.82) is 0 Å². The lowest BCUT2D eigenvalue weighted by Crippen LogP contribution is -2.21. The molecule has 1 unspecified atom stereocenters. The predicted octanol–water partition coefficient (Wildman–Crippen LogP) is 3.38. The van der Waals surface area contributed by atoms with E-state index >= 15 is 0 Å². The minimum Gasteiger partial charge on any atom is -0.321 e. The SMILES string of the molecule is CCC(NCc1ncc(Cl)n1C)c1cccs1. The Hall–Kier alpha value is -0.840. The van der Waals surface area contributed by atoms with Gasteiger partial charge in [0.05, 0.1) is 12.7 Å². The van der Waals surface area contributed by atoms with Gasteiger partial charge < -0.3 is 9.88 Å². The fourth-order valence-corrected chi connectivity index (χ4v) is 2.77. The van der Waals surface area contributed by atoms with E-state index in [0.717, 1.165) is 18.8 Å². The minimum absolute atomic E-state index is 0.394. The summed E-state index contributed by atoms with van der Waals surface area (Å²) in [4.78, 5) is 5.64. The molecule has 0 bridgehead atoms. The molecule has 2 aromatic rings. The number of hydrogen-bond acceptors (Lipinski definition) is 3. The highest BCUT2D eigenvalue weighted by molar-refractivity contribution is 7.10. The van der Waals surface area contributed by atoms with Crippen LogP contribution in [0.4, 0.5) is 0 Å². The Morgan fingerprint density at radius 1 is 1.59 bits per heavy atom. The maximum atomic E-state index is 5.95. The van der Waals surface area contributed by atoms with Gasteiger partial charge in [-0.15, -0.1) is 11.3 Å². The van der Waals surface area contributed by atoms with Crippen LogP contribution in [0, 0.1) is 0 Å². The van der Waals surface area contributed by atoms with E-state index in [1.165, 1.54) is 4.88 Å². The van der Waals surface area contributed by atoms with E-state index in [4.69, 9.17) is 11.6 Å². The second-order valence-electron chi connectivity index (χ2n) is 3.91. The van der Waals surface area contributed by atoms with E-state index in [2.05, 4.69) is 34.7 Å². The smallest absolute Gasteiger partial charge is 0.128 e. The largest absolute Gasteiger partial charge is 0.321 e. The molecule has 0 aliphatic carbocycles. The molecule has 92 valence electrons.